The zero-order valence-corrected chi connectivity index (χ0v) is 14.9. The SMILES string of the molecule is CCC(C)NC(=O)c1ccnc(Nc2cc(C(=O)OC)ccc2Cl)n1. The number of carbonyl (C=O) groups excluding carboxylic acids is 2. The van der Waals surface area contributed by atoms with Gasteiger partial charge in [0.15, 0.2) is 0 Å². The Kier molecular flexibility index (Phi) is 6.30. The Hall–Kier alpha value is -2.67. The van der Waals surface area contributed by atoms with E-state index in [0.29, 0.717) is 16.3 Å². The number of benzene rings is 1. The van der Waals surface area contributed by atoms with Gasteiger partial charge in [0.1, 0.15) is 5.69 Å². The first kappa shape index (κ1) is 18.7. The zero-order chi connectivity index (χ0) is 18.4. The summed E-state index contributed by atoms with van der Waals surface area (Å²) in [5.74, 6) is -0.572. The molecule has 0 bridgehead atoms. The fourth-order valence-electron chi connectivity index (χ4n) is 1.93. The molecule has 1 aromatic carbocycles. The highest BCUT2D eigenvalue weighted by atomic mass is 35.5. The second-order valence-corrected chi connectivity index (χ2v) is 5.77. The number of ether oxygens (including phenoxy) is 1. The minimum absolute atomic E-state index is 0.0463. The highest BCUT2D eigenvalue weighted by molar-refractivity contribution is 6.33. The summed E-state index contributed by atoms with van der Waals surface area (Å²) in [6.45, 7) is 3.89. The number of amides is 1. The number of halogens is 1. The number of carbonyl (C=O) groups is 2. The van der Waals surface area contributed by atoms with E-state index in [9.17, 15) is 9.59 Å². The normalized spacial score (nSPS) is 11.5. The number of hydrogen-bond donors (Lipinski definition) is 2. The molecule has 0 radical (unpaired) electrons. The molecule has 132 valence electrons. The largest absolute Gasteiger partial charge is 0.465 e. The lowest BCUT2D eigenvalue weighted by Gasteiger charge is -2.12. The third-order valence-electron chi connectivity index (χ3n) is 3.51. The number of nitrogens with one attached hydrogen (secondary N) is 2. The summed E-state index contributed by atoms with van der Waals surface area (Å²) < 4.78 is 4.69. The molecule has 8 heteroatoms. The first-order chi connectivity index (χ1) is 11.9. The number of methoxy groups -OCH3 is 1. The third kappa shape index (κ3) is 4.90. The molecule has 0 saturated heterocycles. The smallest absolute Gasteiger partial charge is 0.337 e. The first-order valence-electron chi connectivity index (χ1n) is 7.73. The standard InChI is InChI=1S/C17H19ClN4O3/c1-4-10(2)20-15(23)13-7-8-19-17(21-13)22-14-9-11(16(24)25-3)5-6-12(14)18/h5-10H,4H2,1-3H3,(H,20,23)(H,19,21,22). The van der Waals surface area contributed by atoms with Gasteiger partial charge in [-0.05, 0) is 37.6 Å². The van der Waals surface area contributed by atoms with Crippen LogP contribution in [-0.2, 0) is 4.74 Å². The van der Waals surface area contributed by atoms with Gasteiger partial charge in [0.25, 0.3) is 5.91 Å². The molecule has 25 heavy (non-hydrogen) atoms. The molecular formula is C17H19ClN4O3. The van der Waals surface area contributed by atoms with Gasteiger partial charge in [0, 0.05) is 12.2 Å². The highest BCUT2D eigenvalue weighted by Gasteiger charge is 2.13. The van der Waals surface area contributed by atoms with Crippen molar-refractivity contribution >= 4 is 35.1 Å². The van der Waals surface area contributed by atoms with Gasteiger partial charge in [-0.25, -0.2) is 14.8 Å². The molecule has 2 N–H and O–H groups in total. The maximum Gasteiger partial charge on any atom is 0.337 e. The van der Waals surface area contributed by atoms with Crippen molar-refractivity contribution in [3.05, 3.63) is 46.7 Å². The van der Waals surface area contributed by atoms with E-state index >= 15 is 0 Å². The van der Waals surface area contributed by atoms with Crippen LogP contribution in [0.4, 0.5) is 11.6 Å². The van der Waals surface area contributed by atoms with Crippen molar-refractivity contribution in [2.45, 2.75) is 26.3 Å². The van der Waals surface area contributed by atoms with Crippen LogP contribution < -0.4 is 10.6 Å². The van der Waals surface area contributed by atoms with Crippen molar-refractivity contribution in [3.63, 3.8) is 0 Å². The topological polar surface area (TPSA) is 93.2 Å². The van der Waals surface area contributed by atoms with E-state index in [4.69, 9.17) is 11.6 Å². The van der Waals surface area contributed by atoms with Gasteiger partial charge >= 0.3 is 5.97 Å². The molecule has 0 aliphatic heterocycles. The number of nitrogens with zero attached hydrogens (tertiary/aromatic N) is 2. The Labute approximate surface area is 150 Å². The lowest BCUT2D eigenvalue weighted by atomic mass is 10.2. The molecule has 2 aromatic rings. The molecule has 7 nitrogen and oxygen atoms in total. The lowest BCUT2D eigenvalue weighted by molar-refractivity contribution is 0.0600. The van der Waals surface area contributed by atoms with E-state index in [1.807, 2.05) is 13.8 Å². The molecular weight excluding hydrogens is 344 g/mol. The summed E-state index contributed by atoms with van der Waals surface area (Å²) in [5.41, 5.74) is 1.00. The minimum Gasteiger partial charge on any atom is -0.465 e. The number of anilines is 2. The monoisotopic (exact) mass is 362 g/mol. The van der Waals surface area contributed by atoms with Gasteiger partial charge in [0.2, 0.25) is 5.95 Å². The molecule has 0 aliphatic carbocycles. The summed E-state index contributed by atoms with van der Waals surface area (Å²) >= 11 is 6.13. The molecule has 1 unspecified atom stereocenters. The van der Waals surface area contributed by atoms with Crippen molar-refractivity contribution in [2.75, 3.05) is 12.4 Å². The van der Waals surface area contributed by atoms with Crippen molar-refractivity contribution in [1.82, 2.24) is 15.3 Å². The zero-order valence-electron chi connectivity index (χ0n) is 14.2. The minimum atomic E-state index is -0.484. The summed E-state index contributed by atoms with van der Waals surface area (Å²) in [7, 11) is 1.30. The van der Waals surface area contributed by atoms with Crippen LogP contribution in [0.2, 0.25) is 5.02 Å². The van der Waals surface area contributed by atoms with Crippen molar-refractivity contribution < 1.29 is 14.3 Å². The van der Waals surface area contributed by atoms with Crippen molar-refractivity contribution in [3.8, 4) is 0 Å². The Balaban J connectivity index is 2.22. The van der Waals surface area contributed by atoms with Crippen LogP contribution in [-0.4, -0.2) is 35.0 Å². The molecule has 0 spiro atoms. The Morgan fingerprint density at radius 2 is 2.08 bits per heavy atom. The predicted molar refractivity (Wildman–Crippen MR) is 95.3 cm³/mol. The average molecular weight is 363 g/mol. The van der Waals surface area contributed by atoms with Gasteiger partial charge in [0.05, 0.1) is 23.4 Å². The van der Waals surface area contributed by atoms with Crippen LogP contribution >= 0.6 is 11.6 Å². The summed E-state index contributed by atoms with van der Waals surface area (Å²) in [6, 6.07) is 6.22. The molecule has 2 rings (SSSR count). The van der Waals surface area contributed by atoms with E-state index in [-0.39, 0.29) is 23.6 Å². The van der Waals surface area contributed by atoms with Crippen LogP contribution in [0.5, 0.6) is 0 Å². The molecule has 0 saturated carbocycles. The predicted octanol–water partition coefficient (Wildman–Crippen LogP) is 3.19. The molecule has 1 amide bonds. The number of hydrogen-bond acceptors (Lipinski definition) is 6. The second-order valence-electron chi connectivity index (χ2n) is 5.36. The van der Waals surface area contributed by atoms with Gasteiger partial charge in [-0.15, -0.1) is 0 Å². The van der Waals surface area contributed by atoms with Crippen molar-refractivity contribution in [1.29, 1.82) is 0 Å². The summed E-state index contributed by atoms with van der Waals surface area (Å²) in [6.07, 6.45) is 2.29. The summed E-state index contributed by atoms with van der Waals surface area (Å²) in [4.78, 5) is 32.0. The number of esters is 1. The number of rotatable bonds is 6. The quantitative estimate of drug-likeness (QED) is 0.766. The van der Waals surface area contributed by atoms with Crippen LogP contribution in [0.25, 0.3) is 0 Å². The lowest BCUT2D eigenvalue weighted by Crippen LogP contribution is -2.32. The maximum absolute atomic E-state index is 12.2. The molecule has 0 aliphatic rings. The highest BCUT2D eigenvalue weighted by Crippen LogP contribution is 2.25. The first-order valence-corrected chi connectivity index (χ1v) is 8.11. The fourth-order valence-corrected chi connectivity index (χ4v) is 2.10. The molecule has 1 aromatic heterocycles. The molecule has 0 fully saturated rings. The van der Waals surface area contributed by atoms with E-state index in [0.717, 1.165) is 6.42 Å². The maximum atomic E-state index is 12.2. The van der Waals surface area contributed by atoms with E-state index in [1.54, 1.807) is 12.1 Å². The Bertz CT molecular complexity index is 782. The van der Waals surface area contributed by atoms with Crippen LogP contribution in [0, 0.1) is 0 Å². The Morgan fingerprint density at radius 1 is 1.32 bits per heavy atom. The average Bonchev–Trinajstić information content (AvgIpc) is 2.62. The fraction of sp³-hybridized carbons (Fsp3) is 0.294. The molecule has 1 heterocycles. The molecule has 1 atom stereocenters. The van der Waals surface area contributed by atoms with E-state index in [2.05, 4.69) is 25.3 Å². The van der Waals surface area contributed by atoms with Crippen molar-refractivity contribution in [2.24, 2.45) is 0 Å². The second kappa shape index (κ2) is 8.43. The van der Waals surface area contributed by atoms with E-state index < -0.39 is 5.97 Å². The van der Waals surface area contributed by atoms with Gasteiger partial charge in [-0.1, -0.05) is 18.5 Å². The van der Waals surface area contributed by atoms with Crippen LogP contribution in [0.3, 0.4) is 0 Å². The van der Waals surface area contributed by atoms with Crippen LogP contribution in [0.15, 0.2) is 30.5 Å². The Morgan fingerprint density at radius 3 is 2.76 bits per heavy atom. The van der Waals surface area contributed by atoms with Gasteiger partial charge in [-0.3, -0.25) is 4.79 Å². The van der Waals surface area contributed by atoms with Crippen LogP contribution in [0.1, 0.15) is 41.1 Å². The third-order valence-corrected chi connectivity index (χ3v) is 3.84. The van der Waals surface area contributed by atoms with Gasteiger partial charge in [-0.2, -0.15) is 0 Å². The number of aromatic nitrogens is 2. The van der Waals surface area contributed by atoms with Gasteiger partial charge < -0.3 is 15.4 Å². The summed E-state index contributed by atoms with van der Waals surface area (Å²) in [5, 5.41) is 6.13. The van der Waals surface area contributed by atoms with E-state index in [1.165, 1.54) is 25.4 Å².